The molecule has 3 heteroatoms. The van der Waals surface area contributed by atoms with E-state index < -0.39 is 0 Å². The molecular formula is C16H23NO2. The average molecular weight is 261 g/mol. The lowest BCUT2D eigenvalue weighted by Gasteiger charge is -2.42. The maximum Gasteiger partial charge on any atom is 0.313 e. The number of carbonyl (C=O) groups excluding carboxylic acids is 1. The Balaban J connectivity index is 2.06. The van der Waals surface area contributed by atoms with Gasteiger partial charge < -0.3 is 9.64 Å². The van der Waals surface area contributed by atoms with E-state index in [1.54, 1.807) is 0 Å². The zero-order valence-corrected chi connectivity index (χ0v) is 12.1. The maximum atomic E-state index is 11.9. The van der Waals surface area contributed by atoms with E-state index in [-0.39, 0.29) is 11.4 Å². The van der Waals surface area contributed by atoms with Crippen LogP contribution in [0.4, 0.5) is 5.69 Å². The second-order valence-electron chi connectivity index (χ2n) is 5.50. The predicted molar refractivity (Wildman–Crippen MR) is 77.4 cm³/mol. The van der Waals surface area contributed by atoms with Gasteiger partial charge in [-0.25, -0.2) is 0 Å². The SMILES string of the molecule is CCc1ccc(N(C)CC2(C(=O)OC)CCC2)cc1. The Morgan fingerprint density at radius 2 is 1.95 bits per heavy atom. The number of carbonyl (C=O) groups is 1. The Kier molecular flexibility index (Phi) is 4.13. The Morgan fingerprint density at radius 1 is 1.32 bits per heavy atom. The van der Waals surface area contributed by atoms with Crippen LogP contribution in [0, 0.1) is 5.41 Å². The fourth-order valence-corrected chi connectivity index (χ4v) is 2.78. The first-order valence-corrected chi connectivity index (χ1v) is 7.00. The molecule has 1 saturated carbocycles. The van der Waals surface area contributed by atoms with Crippen LogP contribution in [0.2, 0.25) is 0 Å². The highest BCUT2D eigenvalue weighted by Crippen LogP contribution is 2.43. The second kappa shape index (κ2) is 5.64. The molecule has 0 atom stereocenters. The highest BCUT2D eigenvalue weighted by atomic mass is 16.5. The molecule has 0 N–H and O–H groups in total. The first kappa shape index (κ1) is 13.9. The van der Waals surface area contributed by atoms with Gasteiger partial charge in [0.05, 0.1) is 12.5 Å². The third-order valence-corrected chi connectivity index (χ3v) is 4.25. The Bertz CT molecular complexity index is 435. The summed E-state index contributed by atoms with van der Waals surface area (Å²) >= 11 is 0. The van der Waals surface area contributed by atoms with Crippen molar-refractivity contribution < 1.29 is 9.53 Å². The summed E-state index contributed by atoms with van der Waals surface area (Å²) in [6.45, 7) is 2.89. The van der Waals surface area contributed by atoms with Crippen LogP contribution < -0.4 is 4.90 Å². The predicted octanol–water partition coefficient (Wildman–Crippen LogP) is 3.03. The Morgan fingerprint density at radius 3 is 2.37 bits per heavy atom. The average Bonchev–Trinajstić information content (AvgIpc) is 2.41. The summed E-state index contributed by atoms with van der Waals surface area (Å²) in [7, 11) is 3.53. The summed E-state index contributed by atoms with van der Waals surface area (Å²) in [5, 5.41) is 0. The van der Waals surface area contributed by atoms with E-state index >= 15 is 0 Å². The fraction of sp³-hybridized carbons (Fsp3) is 0.562. The summed E-state index contributed by atoms with van der Waals surface area (Å²) in [4.78, 5) is 14.1. The number of hydrogen-bond acceptors (Lipinski definition) is 3. The molecule has 3 nitrogen and oxygen atoms in total. The van der Waals surface area contributed by atoms with Crippen LogP contribution >= 0.6 is 0 Å². The van der Waals surface area contributed by atoms with Crippen molar-refractivity contribution in [2.75, 3.05) is 25.6 Å². The zero-order valence-electron chi connectivity index (χ0n) is 12.1. The van der Waals surface area contributed by atoms with Gasteiger partial charge in [0, 0.05) is 19.3 Å². The van der Waals surface area contributed by atoms with E-state index in [0.29, 0.717) is 0 Å². The highest BCUT2D eigenvalue weighted by molar-refractivity contribution is 5.78. The normalized spacial score (nSPS) is 16.6. The molecule has 1 fully saturated rings. The minimum absolute atomic E-state index is 0.0595. The molecule has 0 bridgehead atoms. The van der Waals surface area contributed by atoms with Gasteiger partial charge in [0.2, 0.25) is 0 Å². The molecule has 0 aromatic heterocycles. The van der Waals surface area contributed by atoms with Gasteiger partial charge in [-0.2, -0.15) is 0 Å². The first-order valence-electron chi connectivity index (χ1n) is 7.00. The van der Waals surface area contributed by atoms with Crippen molar-refractivity contribution in [2.45, 2.75) is 32.6 Å². The molecule has 0 unspecified atom stereocenters. The highest BCUT2D eigenvalue weighted by Gasteiger charge is 2.46. The van der Waals surface area contributed by atoms with Gasteiger partial charge in [-0.1, -0.05) is 25.5 Å². The Hall–Kier alpha value is -1.51. The van der Waals surface area contributed by atoms with Gasteiger partial charge in [0.25, 0.3) is 0 Å². The first-order chi connectivity index (χ1) is 9.11. The quantitative estimate of drug-likeness (QED) is 0.763. The van der Waals surface area contributed by atoms with Gasteiger partial charge in [0.15, 0.2) is 0 Å². The molecule has 0 aliphatic heterocycles. The molecule has 1 aliphatic carbocycles. The van der Waals surface area contributed by atoms with Crippen LogP contribution in [0.1, 0.15) is 31.7 Å². The van der Waals surface area contributed by atoms with Crippen molar-refractivity contribution in [3.63, 3.8) is 0 Å². The van der Waals surface area contributed by atoms with Crippen LogP contribution in [0.5, 0.6) is 0 Å². The van der Waals surface area contributed by atoms with Gasteiger partial charge in [-0.3, -0.25) is 4.79 Å². The number of hydrogen-bond donors (Lipinski definition) is 0. The van der Waals surface area contributed by atoms with Crippen LogP contribution in [0.25, 0.3) is 0 Å². The summed E-state index contributed by atoms with van der Waals surface area (Å²) in [6, 6.07) is 8.56. The Labute approximate surface area is 115 Å². The number of benzene rings is 1. The third-order valence-electron chi connectivity index (χ3n) is 4.25. The number of aryl methyl sites for hydroxylation is 1. The number of nitrogens with zero attached hydrogens (tertiary/aromatic N) is 1. The molecule has 0 spiro atoms. The standard InChI is InChI=1S/C16H23NO2/c1-4-13-6-8-14(9-7-13)17(2)12-16(10-5-11-16)15(18)19-3/h6-9H,4-5,10-12H2,1-3H3. The van der Waals surface area contributed by atoms with Gasteiger partial charge >= 0.3 is 5.97 Å². The lowest BCUT2D eigenvalue weighted by Crippen LogP contribution is -2.47. The second-order valence-corrected chi connectivity index (χ2v) is 5.50. The van der Waals surface area contributed by atoms with E-state index in [9.17, 15) is 4.79 Å². The minimum atomic E-state index is -0.285. The van der Waals surface area contributed by atoms with Crippen LogP contribution in [-0.4, -0.2) is 26.7 Å². The van der Waals surface area contributed by atoms with Crippen LogP contribution in [0.15, 0.2) is 24.3 Å². The number of anilines is 1. The lowest BCUT2D eigenvalue weighted by atomic mass is 9.68. The van der Waals surface area contributed by atoms with E-state index in [1.165, 1.54) is 12.7 Å². The monoisotopic (exact) mass is 261 g/mol. The van der Waals surface area contributed by atoms with E-state index in [0.717, 1.165) is 37.9 Å². The summed E-state index contributed by atoms with van der Waals surface area (Å²) < 4.78 is 4.97. The molecule has 2 rings (SSSR count). The van der Waals surface area contributed by atoms with Crippen LogP contribution in [0.3, 0.4) is 0 Å². The van der Waals surface area contributed by atoms with E-state index in [1.807, 2.05) is 7.05 Å². The number of ether oxygens (including phenoxy) is 1. The fourth-order valence-electron chi connectivity index (χ4n) is 2.78. The molecule has 1 aromatic carbocycles. The van der Waals surface area contributed by atoms with Gasteiger partial charge in [0.1, 0.15) is 0 Å². The van der Waals surface area contributed by atoms with Crippen molar-refractivity contribution in [1.82, 2.24) is 0 Å². The van der Waals surface area contributed by atoms with Crippen molar-refractivity contribution in [3.05, 3.63) is 29.8 Å². The molecule has 0 amide bonds. The van der Waals surface area contributed by atoms with Gasteiger partial charge in [-0.15, -0.1) is 0 Å². The molecule has 104 valence electrons. The molecule has 0 radical (unpaired) electrons. The maximum absolute atomic E-state index is 11.9. The minimum Gasteiger partial charge on any atom is -0.469 e. The summed E-state index contributed by atoms with van der Waals surface area (Å²) in [6.07, 6.45) is 4.06. The number of esters is 1. The van der Waals surface area contributed by atoms with Crippen molar-refractivity contribution in [2.24, 2.45) is 5.41 Å². The zero-order chi connectivity index (χ0) is 13.9. The third kappa shape index (κ3) is 2.75. The van der Waals surface area contributed by atoms with E-state index in [4.69, 9.17) is 4.74 Å². The number of rotatable bonds is 5. The van der Waals surface area contributed by atoms with E-state index in [2.05, 4.69) is 36.1 Å². The molecule has 1 aromatic rings. The summed E-state index contributed by atoms with van der Waals surface area (Å²) in [5.41, 5.74) is 2.21. The van der Waals surface area contributed by atoms with Crippen LogP contribution in [-0.2, 0) is 16.0 Å². The number of methoxy groups -OCH3 is 1. The topological polar surface area (TPSA) is 29.5 Å². The molecule has 19 heavy (non-hydrogen) atoms. The lowest BCUT2D eigenvalue weighted by molar-refractivity contribution is -0.157. The smallest absolute Gasteiger partial charge is 0.313 e. The largest absolute Gasteiger partial charge is 0.469 e. The molecule has 0 heterocycles. The van der Waals surface area contributed by atoms with Crippen molar-refractivity contribution >= 4 is 11.7 Å². The van der Waals surface area contributed by atoms with Crippen molar-refractivity contribution in [3.8, 4) is 0 Å². The van der Waals surface area contributed by atoms with Gasteiger partial charge in [-0.05, 0) is 37.0 Å². The molecule has 1 aliphatic rings. The summed E-state index contributed by atoms with van der Waals surface area (Å²) in [5.74, 6) is -0.0595. The molecule has 0 saturated heterocycles. The van der Waals surface area contributed by atoms with Crippen molar-refractivity contribution in [1.29, 1.82) is 0 Å². The molecular weight excluding hydrogens is 238 g/mol.